The van der Waals surface area contributed by atoms with Crippen molar-refractivity contribution in [2.45, 2.75) is 49.9 Å². The molecule has 2 aliphatic rings. The number of amides is 3. The van der Waals surface area contributed by atoms with Crippen molar-refractivity contribution >= 4 is 28.5 Å². The van der Waals surface area contributed by atoms with E-state index < -0.39 is 18.0 Å². The van der Waals surface area contributed by atoms with E-state index in [9.17, 15) is 18.8 Å². The Morgan fingerprint density at radius 1 is 1.02 bits per heavy atom. The number of methoxy groups -OCH3 is 1. The molecular weight excluding hydrogens is 549 g/mol. The van der Waals surface area contributed by atoms with Gasteiger partial charge in [-0.15, -0.1) is 0 Å². The van der Waals surface area contributed by atoms with Crippen LogP contribution >= 0.6 is 0 Å². The summed E-state index contributed by atoms with van der Waals surface area (Å²) in [6, 6.07) is 18.1. The van der Waals surface area contributed by atoms with Crippen molar-refractivity contribution in [1.82, 2.24) is 20.4 Å². The molecule has 0 saturated carbocycles. The number of carbonyl (C=O) groups is 3. The zero-order valence-corrected chi connectivity index (χ0v) is 24.5. The van der Waals surface area contributed by atoms with Crippen LogP contribution in [0.3, 0.4) is 0 Å². The molecule has 3 aromatic carbocycles. The summed E-state index contributed by atoms with van der Waals surface area (Å²) in [5, 5.41) is 8.37. The molecule has 43 heavy (non-hydrogen) atoms. The third kappa shape index (κ3) is 7.57. The summed E-state index contributed by atoms with van der Waals surface area (Å²) in [7, 11) is 1.58. The highest BCUT2D eigenvalue weighted by atomic mass is 19.1. The minimum Gasteiger partial charge on any atom is -0.382 e. The van der Waals surface area contributed by atoms with Gasteiger partial charge in [-0.2, -0.15) is 0 Å². The van der Waals surface area contributed by atoms with Gasteiger partial charge in [0, 0.05) is 33.2 Å². The van der Waals surface area contributed by atoms with Crippen LogP contribution in [-0.2, 0) is 32.0 Å². The van der Waals surface area contributed by atoms with Gasteiger partial charge in [-0.1, -0.05) is 54.6 Å². The molecule has 2 fully saturated rings. The standard InChI is InChI=1S/C33H40FN5O4/c1-43-21-27-20-38(30(31(35)40)19-23-8-11-24-5-2-3-6-25(24)17-23)15-16-39(27)33(42)29(18-22-9-12-26(34)13-10-22)37-32(41)28-7-4-14-36-28/h2-3,5-6,8-13,17,27-30,36H,4,7,14-16,18-21H2,1H3,(H2,35,40)(H,37,41)/t27-,28?,29-,30+/m1/s1. The molecule has 0 aliphatic carbocycles. The van der Waals surface area contributed by atoms with E-state index in [0.717, 1.165) is 34.9 Å². The maximum atomic E-state index is 14.1. The van der Waals surface area contributed by atoms with Crippen molar-refractivity contribution in [1.29, 1.82) is 0 Å². The molecule has 4 atom stereocenters. The average Bonchev–Trinajstić information content (AvgIpc) is 3.56. The van der Waals surface area contributed by atoms with Crippen molar-refractivity contribution in [3.05, 3.63) is 83.7 Å². The van der Waals surface area contributed by atoms with Gasteiger partial charge in [0.15, 0.2) is 0 Å². The topological polar surface area (TPSA) is 117 Å². The van der Waals surface area contributed by atoms with Crippen LogP contribution in [-0.4, -0.2) is 91.6 Å². The minimum atomic E-state index is -0.837. The van der Waals surface area contributed by atoms with Crippen LogP contribution in [0.4, 0.5) is 4.39 Å². The molecule has 0 radical (unpaired) electrons. The predicted octanol–water partition coefficient (Wildman–Crippen LogP) is 2.01. The second kappa shape index (κ2) is 14.1. The normalized spacial score (nSPS) is 20.6. The number of primary amides is 1. The van der Waals surface area contributed by atoms with Crippen LogP contribution in [0.2, 0.25) is 0 Å². The van der Waals surface area contributed by atoms with Crippen molar-refractivity contribution in [3.8, 4) is 0 Å². The average molecular weight is 590 g/mol. The Balaban J connectivity index is 1.32. The molecule has 228 valence electrons. The quantitative estimate of drug-likeness (QED) is 0.315. The van der Waals surface area contributed by atoms with Crippen molar-refractivity contribution in [2.75, 3.05) is 39.9 Å². The van der Waals surface area contributed by atoms with E-state index in [1.165, 1.54) is 12.1 Å². The second-order valence-electron chi connectivity index (χ2n) is 11.5. The molecule has 0 spiro atoms. The van der Waals surface area contributed by atoms with E-state index in [4.69, 9.17) is 10.5 Å². The Morgan fingerprint density at radius 2 is 1.77 bits per heavy atom. The lowest BCUT2D eigenvalue weighted by molar-refractivity contribution is -0.143. The summed E-state index contributed by atoms with van der Waals surface area (Å²) < 4.78 is 19.1. The minimum absolute atomic E-state index is 0.218. The van der Waals surface area contributed by atoms with Crippen molar-refractivity contribution in [2.24, 2.45) is 5.73 Å². The highest BCUT2D eigenvalue weighted by Crippen LogP contribution is 2.21. The number of rotatable bonds is 11. The first-order valence-electron chi connectivity index (χ1n) is 14.9. The molecule has 2 aliphatic heterocycles. The predicted molar refractivity (Wildman–Crippen MR) is 163 cm³/mol. The number of hydrogen-bond acceptors (Lipinski definition) is 6. The first-order valence-corrected chi connectivity index (χ1v) is 14.9. The molecule has 2 heterocycles. The first-order chi connectivity index (χ1) is 20.8. The maximum Gasteiger partial charge on any atom is 0.245 e. The zero-order valence-electron chi connectivity index (χ0n) is 24.5. The summed E-state index contributed by atoms with van der Waals surface area (Å²) >= 11 is 0. The molecule has 4 N–H and O–H groups in total. The van der Waals surface area contributed by atoms with Crippen molar-refractivity contribution in [3.63, 3.8) is 0 Å². The van der Waals surface area contributed by atoms with Crippen LogP contribution in [0.1, 0.15) is 24.0 Å². The van der Waals surface area contributed by atoms with Crippen LogP contribution in [0.15, 0.2) is 66.7 Å². The molecule has 1 unspecified atom stereocenters. The van der Waals surface area contributed by atoms with Gasteiger partial charge >= 0.3 is 0 Å². The Bertz CT molecular complexity index is 1430. The van der Waals surface area contributed by atoms with Gasteiger partial charge in [0.05, 0.1) is 24.7 Å². The van der Waals surface area contributed by atoms with Crippen molar-refractivity contribution < 1.29 is 23.5 Å². The lowest BCUT2D eigenvalue weighted by atomic mass is 9.98. The van der Waals surface area contributed by atoms with Crippen LogP contribution in [0.5, 0.6) is 0 Å². The monoisotopic (exact) mass is 589 g/mol. The van der Waals surface area contributed by atoms with E-state index in [1.54, 1.807) is 24.1 Å². The molecule has 10 heteroatoms. The number of nitrogens with two attached hydrogens (primary N) is 1. The lowest BCUT2D eigenvalue weighted by Gasteiger charge is -2.44. The summed E-state index contributed by atoms with van der Waals surface area (Å²) in [6.07, 6.45) is 2.28. The molecule has 0 bridgehead atoms. The Kier molecular flexibility index (Phi) is 10.0. The van der Waals surface area contributed by atoms with Gasteiger partial charge < -0.3 is 26.0 Å². The summed E-state index contributed by atoms with van der Waals surface area (Å²) in [4.78, 5) is 43.6. The third-order valence-electron chi connectivity index (χ3n) is 8.51. The Hall–Kier alpha value is -3.86. The molecule has 2 saturated heterocycles. The molecular formula is C33H40FN5O4. The smallest absolute Gasteiger partial charge is 0.245 e. The molecule has 3 amide bonds. The number of nitrogens with zero attached hydrogens (tertiary/aromatic N) is 2. The summed E-state index contributed by atoms with van der Waals surface area (Å²) in [5.74, 6) is -1.24. The fraction of sp³-hybridized carbons (Fsp3) is 0.424. The molecule has 3 aromatic rings. The van der Waals surface area contributed by atoms with E-state index >= 15 is 0 Å². The maximum absolute atomic E-state index is 14.1. The molecule has 9 nitrogen and oxygen atoms in total. The van der Waals surface area contributed by atoms with E-state index in [0.29, 0.717) is 32.5 Å². The summed E-state index contributed by atoms with van der Waals surface area (Å²) in [5.41, 5.74) is 7.68. The summed E-state index contributed by atoms with van der Waals surface area (Å²) in [6.45, 7) is 2.18. The van der Waals surface area contributed by atoms with E-state index in [-0.39, 0.29) is 42.7 Å². The van der Waals surface area contributed by atoms with Gasteiger partial charge in [-0.05, 0) is 59.8 Å². The zero-order chi connectivity index (χ0) is 30.3. The molecule has 0 aromatic heterocycles. The van der Waals surface area contributed by atoms with Gasteiger partial charge in [-0.3, -0.25) is 19.3 Å². The Labute approximate surface area is 251 Å². The first kappa shape index (κ1) is 30.6. The van der Waals surface area contributed by atoms with Crippen LogP contribution in [0, 0.1) is 5.82 Å². The van der Waals surface area contributed by atoms with Crippen LogP contribution in [0.25, 0.3) is 10.8 Å². The van der Waals surface area contributed by atoms with Gasteiger partial charge in [0.25, 0.3) is 0 Å². The number of benzene rings is 3. The fourth-order valence-corrected chi connectivity index (χ4v) is 6.22. The fourth-order valence-electron chi connectivity index (χ4n) is 6.22. The van der Waals surface area contributed by atoms with Crippen LogP contribution < -0.4 is 16.4 Å². The lowest BCUT2D eigenvalue weighted by Crippen LogP contribution is -2.64. The van der Waals surface area contributed by atoms with Gasteiger partial charge in [0.2, 0.25) is 17.7 Å². The van der Waals surface area contributed by atoms with E-state index in [2.05, 4.69) is 16.7 Å². The number of carbonyl (C=O) groups excluding carboxylic acids is 3. The number of fused-ring (bicyclic) bond motifs is 1. The number of nitrogens with one attached hydrogen (secondary N) is 2. The number of ether oxygens (including phenoxy) is 1. The largest absolute Gasteiger partial charge is 0.382 e. The third-order valence-corrected chi connectivity index (χ3v) is 8.51. The Morgan fingerprint density at radius 3 is 2.47 bits per heavy atom. The highest BCUT2D eigenvalue weighted by Gasteiger charge is 2.38. The van der Waals surface area contributed by atoms with E-state index in [1.807, 2.05) is 41.3 Å². The highest BCUT2D eigenvalue weighted by molar-refractivity contribution is 5.90. The second-order valence-corrected chi connectivity index (χ2v) is 11.5. The number of hydrogen-bond donors (Lipinski definition) is 3. The SMILES string of the molecule is COC[C@H]1CN([C@@H](Cc2ccc3ccccc3c2)C(N)=O)CCN1C(=O)[C@@H](Cc1ccc(F)cc1)NC(=O)C1CCCN1. The van der Waals surface area contributed by atoms with Gasteiger partial charge in [0.1, 0.15) is 11.9 Å². The molecule has 5 rings (SSSR count). The number of halogens is 1. The van der Waals surface area contributed by atoms with Gasteiger partial charge in [-0.25, -0.2) is 4.39 Å². The number of piperazine rings is 1.